The fraction of sp³-hybridized carbons (Fsp3) is 0.217. The van der Waals surface area contributed by atoms with Gasteiger partial charge in [0.15, 0.2) is 0 Å². The Kier molecular flexibility index (Phi) is 6.68. The van der Waals surface area contributed by atoms with Crippen LogP contribution in [0, 0.1) is 0 Å². The van der Waals surface area contributed by atoms with Crippen LogP contribution in [-0.2, 0) is 6.54 Å². The Labute approximate surface area is 170 Å². The largest absolute Gasteiger partial charge is 0.496 e. The summed E-state index contributed by atoms with van der Waals surface area (Å²) in [5.74, 6) is 2.06. The summed E-state index contributed by atoms with van der Waals surface area (Å²) in [5, 5.41) is 6.10. The molecule has 1 amide bonds. The number of rotatable bonds is 8. The zero-order chi connectivity index (χ0) is 20.6. The lowest BCUT2D eigenvalue weighted by Gasteiger charge is -2.11. The highest BCUT2D eigenvalue weighted by Crippen LogP contribution is 2.19. The molecule has 0 aliphatic carbocycles. The van der Waals surface area contributed by atoms with Crippen molar-refractivity contribution >= 4 is 17.4 Å². The van der Waals surface area contributed by atoms with Crippen molar-refractivity contribution in [2.24, 2.45) is 0 Å². The number of hydrogen-bond acceptors (Lipinski definition) is 5. The summed E-state index contributed by atoms with van der Waals surface area (Å²) in [6, 6.07) is 18.6. The molecule has 0 aliphatic heterocycles. The lowest BCUT2D eigenvalue weighted by atomic mass is 10.2. The fourth-order valence-corrected chi connectivity index (χ4v) is 2.76. The maximum absolute atomic E-state index is 12.4. The molecule has 0 saturated heterocycles. The Hall–Kier alpha value is -3.54. The zero-order valence-corrected chi connectivity index (χ0v) is 16.8. The van der Waals surface area contributed by atoms with Gasteiger partial charge in [0.25, 0.3) is 5.91 Å². The van der Waals surface area contributed by atoms with Crippen molar-refractivity contribution < 1.29 is 14.3 Å². The molecule has 0 spiro atoms. The van der Waals surface area contributed by atoms with Crippen LogP contribution in [0.2, 0.25) is 0 Å². The summed E-state index contributed by atoms with van der Waals surface area (Å²) < 4.78 is 10.9. The van der Waals surface area contributed by atoms with Gasteiger partial charge in [-0.3, -0.25) is 4.79 Å². The van der Waals surface area contributed by atoms with Gasteiger partial charge >= 0.3 is 0 Å². The minimum absolute atomic E-state index is 0.108. The lowest BCUT2D eigenvalue weighted by Crippen LogP contribution is -2.12. The van der Waals surface area contributed by atoms with Crippen molar-refractivity contribution in [3.8, 4) is 11.5 Å². The Morgan fingerprint density at radius 3 is 2.45 bits per heavy atom. The maximum Gasteiger partial charge on any atom is 0.257 e. The van der Waals surface area contributed by atoms with E-state index in [-0.39, 0.29) is 12.0 Å². The summed E-state index contributed by atoms with van der Waals surface area (Å²) in [5.41, 5.74) is 2.21. The molecule has 0 fully saturated rings. The SMILES string of the molecule is COc1ccccc1CNc1ccc(C(=O)Nc2ccc(OC(C)C)cc2)cn1. The summed E-state index contributed by atoms with van der Waals surface area (Å²) in [7, 11) is 1.65. The third-order valence-electron chi connectivity index (χ3n) is 4.16. The van der Waals surface area contributed by atoms with Gasteiger partial charge < -0.3 is 20.1 Å². The van der Waals surface area contributed by atoms with Crippen molar-refractivity contribution in [3.05, 3.63) is 78.0 Å². The first-order valence-corrected chi connectivity index (χ1v) is 9.45. The van der Waals surface area contributed by atoms with Gasteiger partial charge in [0, 0.05) is 24.0 Å². The number of amides is 1. The van der Waals surface area contributed by atoms with Crippen LogP contribution in [0.1, 0.15) is 29.8 Å². The highest BCUT2D eigenvalue weighted by molar-refractivity contribution is 6.04. The van der Waals surface area contributed by atoms with Crippen LogP contribution in [0.3, 0.4) is 0 Å². The average Bonchev–Trinajstić information content (AvgIpc) is 2.74. The van der Waals surface area contributed by atoms with Crippen LogP contribution in [0.5, 0.6) is 11.5 Å². The van der Waals surface area contributed by atoms with E-state index >= 15 is 0 Å². The molecule has 3 aromatic rings. The number of carbonyl (C=O) groups is 1. The van der Waals surface area contributed by atoms with Crippen LogP contribution in [0.4, 0.5) is 11.5 Å². The lowest BCUT2D eigenvalue weighted by molar-refractivity contribution is 0.102. The van der Waals surface area contributed by atoms with E-state index in [9.17, 15) is 4.79 Å². The normalized spacial score (nSPS) is 10.5. The first kappa shape index (κ1) is 20.2. The maximum atomic E-state index is 12.4. The van der Waals surface area contributed by atoms with Gasteiger partial charge in [0.1, 0.15) is 17.3 Å². The Balaban J connectivity index is 1.57. The van der Waals surface area contributed by atoms with Crippen LogP contribution >= 0.6 is 0 Å². The van der Waals surface area contributed by atoms with Crippen molar-refractivity contribution in [3.63, 3.8) is 0 Å². The molecule has 150 valence electrons. The number of nitrogens with zero attached hydrogens (tertiary/aromatic N) is 1. The minimum atomic E-state index is -0.216. The summed E-state index contributed by atoms with van der Waals surface area (Å²) in [4.78, 5) is 16.8. The van der Waals surface area contributed by atoms with E-state index in [1.807, 2.05) is 62.4 Å². The molecular formula is C23H25N3O3. The van der Waals surface area contributed by atoms with E-state index in [2.05, 4.69) is 15.6 Å². The molecular weight excluding hydrogens is 366 g/mol. The summed E-state index contributed by atoms with van der Waals surface area (Å²) in [6.07, 6.45) is 1.66. The highest BCUT2D eigenvalue weighted by Gasteiger charge is 2.08. The number of ether oxygens (including phenoxy) is 2. The number of anilines is 2. The van der Waals surface area contributed by atoms with E-state index in [0.29, 0.717) is 23.6 Å². The molecule has 0 bridgehead atoms. The van der Waals surface area contributed by atoms with Gasteiger partial charge in [-0.25, -0.2) is 4.98 Å². The van der Waals surface area contributed by atoms with Crippen molar-refractivity contribution in [2.45, 2.75) is 26.5 Å². The molecule has 0 atom stereocenters. The minimum Gasteiger partial charge on any atom is -0.496 e. The highest BCUT2D eigenvalue weighted by atomic mass is 16.5. The van der Waals surface area contributed by atoms with E-state index in [4.69, 9.17) is 9.47 Å². The third kappa shape index (κ3) is 5.72. The second kappa shape index (κ2) is 9.59. The molecule has 1 aromatic heterocycles. The van der Waals surface area contributed by atoms with Crippen LogP contribution < -0.4 is 20.1 Å². The third-order valence-corrected chi connectivity index (χ3v) is 4.16. The molecule has 29 heavy (non-hydrogen) atoms. The molecule has 0 aliphatic rings. The van der Waals surface area contributed by atoms with Crippen LogP contribution in [0.25, 0.3) is 0 Å². The molecule has 6 heteroatoms. The van der Waals surface area contributed by atoms with Crippen molar-refractivity contribution in [1.82, 2.24) is 4.98 Å². The van der Waals surface area contributed by atoms with Gasteiger partial charge in [0.05, 0.1) is 18.8 Å². The second-order valence-corrected chi connectivity index (χ2v) is 6.74. The molecule has 2 N–H and O–H groups in total. The Morgan fingerprint density at radius 1 is 1.03 bits per heavy atom. The predicted molar refractivity (Wildman–Crippen MR) is 115 cm³/mol. The van der Waals surface area contributed by atoms with E-state index in [0.717, 1.165) is 17.1 Å². The first-order valence-electron chi connectivity index (χ1n) is 9.45. The van der Waals surface area contributed by atoms with Gasteiger partial charge in [0.2, 0.25) is 0 Å². The Morgan fingerprint density at radius 2 is 1.79 bits per heavy atom. The van der Waals surface area contributed by atoms with Gasteiger partial charge in [-0.2, -0.15) is 0 Å². The molecule has 1 heterocycles. The number of pyridine rings is 1. The zero-order valence-electron chi connectivity index (χ0n) is 16.8. The molecule has 0 saturated carbocycles. The van der Waals surface area contributed by atoms with E-state index in [1.54, 1.807) is 25.4 Å². The van der Waals surface area contributed by atoms with Crippen LogP contribution in [0.15, 0.2) is 66.9 Å². The monoisotopic (exact) mass is 391 g/mol. The number of methoxy groups -OCH3 is 1. The fourth-order valence-electron chi connectivity index (χ4n) is 2.76. The number of para-hydroxylation sites is 1. The quantitative estimate of drug-likeness (QED) is 0.580. The molecule has 6 nitrogen and oxygen atoms in total. The van der Waals surface area contributed by atoms with Crippen molar-refractivity contribution in [2.75, 3.05) is 17.7 Å². The standard InChI is InChI=1S/C23H25N3O3/c1-16(2)29-20-11-9-19(10-12-20)26-23(27)18-8-13-22(25-15-18)24-14-17-6-4-5-7-21(17)28-3/h4-13,15-16H,14H2,1-3H3,(H,24,25)(H,26,27). The number of hydrogen-bond donors (Lipinski definition) is 2. The predicted octanol–water partition coefficient (Wildman–Crippen LogP) is 4.74. The second-order valence-electron chi connectivity index (χ2n) is 6.74. The van der Waals surface area contributed by atoms with E-state index < -0.39 is 0 Å². The molecule has 3 rings (SSSR count). The van der Waals surface area contributed by atoms with Crippen LogP contribution in [-0.4, -0.2) is 24.1 Å². The van der Waals surface area contributed by atoms with E-state index in [1.165, 1.54) is 0 Å². The number of benzene rings is 2. The smallest absolute Gasteiger partial charge is 0.257 e. The molecule has 0 radical (unpaired) electrons. The van der Waals surface area contributed by atoms with Crippen molar-refractivity contribution in [1.29, 1.82) is 0 Å². The first-order chi connectivity index (χ1) is 14.0. The summed E-state index contributed by atoms with van der Waals surface area (Å²) >= 11 is 0. The number of aromatic nitrogens is 1. The average molecular weight is 391 g/mol. The number of carbonyl (C=O) groups excluding carboxylic acids is 1. The van der Waals surface area contributed by atoms with Gasteiger partial charge in [-0.15, -0.1) is 0 Å². The number of nitrogens with one attached hydrogen (secondary N) is 2. The van der Waals surface area contributed by atoms with Gasteiger partial charge in [-0.05, 0) is 56.3 Å². The summed E-state index contributed by atoms with van der Waals surface area (Å²) in [6.45, 7) is 4.52. The van der Waals surface area contributed by atoms with Gasteiger partial charge in [-0.1, -0.05) is 18.2 Å². The molecule has 2 aromatic carbocycles. The topological polar surface area (TPSA) is 72.5 Å². The Bertz CT molecular complexity index is 938. The molecule has 0 unspecified atom stereocenters.